The van der Waals surface area contributed by atoms with Gasteiger partial charge in [0.1, 0.15) is 0 Å². The summed E-state index contributed by atoms with van der Waals surface area (Å²) in [4.78, 5) is 23.0. The number of hydrogen-bond acceptors (Lipinski definition) is 2. The Morgan fingerprint density at radius 1 is 1.19 bits per heavy atom. The third kappa shape index (κ3) is 2.48. The summed E-state index contributed by atoms with van der Waals surface area (Å²) in [5, 5.41) is 0. The molecule has 2 nitrogen and oxygen atoms in total. The number of fused-ring (bicyclic) bond motifs is 1. The second kappa shape index (κ2) is 5.25. The van der Waals surface area contributed by atoms with Gasteiger partial charge in [0.25, 0.3) is 0 Å². The number of rotatable bonds is 4. The van der Waals surface area contributed by atoms with Crippen LogP contribution in [0.3, 0.4) is 0 Å². The lowest BCUT2D eigenvalue weighted by atomic mass is 9.87. The molecule has 0 spiro atoms. The second-order valence-corrected chi connectivity index (χ2v) is 6.83. The summed E-state index contributed by atoms with van der Waals surface area (Å²) in [5.74, 6) is 1.06. The largest absolute Gasteiger partial charge is 0.285 e. The third-order valence-electron chi connectivity index (χ3n) is 4.78. The predicted octanol–water partition coefficient (Wildman–Crippen LogP) is 3.06. The average Bonchev–Trinajstić information content (AvgIpc) is 2.85. The SMILES string of the molecule is Cc1c(CC2CCc3ccc(CC(C)C)cc32)c(=O)c1=O. The molecule has 3 rings (SSSR count). The normalized spacial score (nSPS) is 17.6. The van der Waals surface area contributed by atoms with Crippen molar-refractivity contribution in [3.05, 3.63) is 66.5 Å². The highest BCUT2D eigenvalue weighted by Crippen LogP contribution is 2.36. The van der Waals surface area contributed by atoms with Crippen molar-refractivity contribution >= 4 is 0 Å². The average molecular weight is 282 g/mol. The summed E-state index contributed by atoms with van der Waals surface area (Å²) in [6.45, 7) is 6.25. The third-order valence-corrected chi connectivity index (χ3v) is 4.78. The van der Waals surface area contributed by atoms with E-state index in [4.69, 9.17) is 0 Å². The molecule has 1 unspecified atom stereocenters. The Bertz CT molecular complexity index is 745. The molecule has 1 aliphatic rings. The summed E-state index contributed by atoms with van der Waals surface area (Å²) >= 11 is 0. The van der Waals surface area contributed by atoms with Gasteiger partial charge in [0.2, 0.25) is 10.9 Å². The van der Waals surface area contributed by atoms with E-state index in [0.717, 1.165) is 31.2 Å². The first-order valence-electron chi connectivity index (χ1n) is 7.88. The van der Waals surface area contributed by atoms with Gasteiger partial charge in [-0.15, -0.1) is 0 Å². The molecule has 0 amide bonds. The monoisotopic (exact) mass is 282 g/mol. The molecule has 0 fully saturated rings. The van der Waals surface area contributed by atoms with Gasteiger partial charge in [0.05, 0.1) is 0 Å². The minimum absolute atomic E-state index is 0.251. The first-order valence-corrected chi connectivity index (χ1v) is 7.88. The molecule has 1 atom stereocenters. The maximum absolute atomic E-state index is 11.7. The highest BCUT2D eigenvalue weighted by Gasteiger charge is 2.27. The standard InChI is InChI=1S/C19H22O2/c1-11(2)8-13-4-5-14-6-7-15(17(14)9-13)10-16-12(3)18(20)19(16)21/h4-5,9,11,15H,6-8,10H2,1-3H3. The summed E-state index contributed by atoms with van der Waals surface area (Å²) in [6.07, 6.45) is 4.03. The molecule has 1 aliphatic carbocycles. The van der Waals surface area contributed by atoms with Crippen LogP contribution in [0.2, 0.25) is 0 Å². The molecule has 2 aromatic carbocycles. The van der Waals surface area contributed by atoms with E-state index >= 15 is 0 Å². The van der Waals surface area contributed by atoms with Gasteiger partial charge >= 0.3 is 0 Å². The van der Waals surface area contributed by atoms with Crippen LogP contribution in [0.5, 0.6) is 0 Å². The quantitative estimate of drug-likeness (QED) is 0.808. The zero-order valence-corrected chi connectivity index (χ0v) is 13.0. The van der Waals surface area contributed by atoms with Gasteiger partial charge in [-0.25, -0.2) is 0 Å². The minimum Gasteiger partial charge on any atom is -0.285 e. The Balaban J connectivity index is 1.86. The molecular weight excluding hydrogens is 260 g/mol. The van der Waals surface area contributed by atoms with Gasteiger partial charge in [-0.3, -0.25) is 9.59 Å². The van der Waals surface area contributed by atoms with Crippen molar-refractivity contribution < 1.29 is 0 Å². The topological polar surface area (TPSA) is 34.1 Å². The summed E-state index contributed by atoms with van der Waals surface area (Å²) < 4.78 is 0. The second-order valence-electron chi connectivity index (χ2n) is 6.83. The first kappa shape index (κ1) is 14.2. The van der Waals surface area contributed by atoms with Crippen LogP contribution in [0.15, 0.2) is 27.8 Å². The number of benzene rings is 1. The lowest BCUT2D eigenvalue weighted by molar-refractivity contribution is 0.642. The van der Waals surface area contributed by atoms with Crippen molar-refractivity contribution in [2.75, 3.05) is 0 Å². The van der Waals surface area contributed by atoms with Crippen LogP contribution in [0.4, 0.5) is 0 Å². The summed E-state index contributed by atoms with van der Waals surface area (Å²) in [7, 11) is 0. The van der Waals surface area contributed by atoms with E-state index in [2.05, 4.69) is 32.0 Å². The van der Waals surface area contributed by atoms with Crippen LogP contribution in [-0.4, -0.2) is 0 Å². The van der Waals surface area contributed by atoms with Crippen molar-refractivity contribution in [1.29, 1.82) is 0 Å². The lowest BCUT2D eigenvalue weighted by Gasteiger charge is -2.15. The fraction of sp³-hybridized carbons (Fsp3) is 0.474. The number of aryl methyl sites for hydroxylation is 1. The van der Waals surface area contributed by atoms with Gasteiger partial charge < -0.3 is 0 Å². The Morgan fingerprint density at radius 2 is 1.95 bits per heavy atom. The van der Waals surface area contributed by atoms with E-state index in [0.29, 0.717) is 17.4 Å². The first-order chi connectivity index (χ1) is 9.97. The van der Waals surface area contributed by atoms with Crippen molar-refractivity contribution in [1.82, 2.24) is 0 Å². The molecular formula is C19H22O2. The highest BCUT2D eigenvalue weighted by molar-refractivity contribution is 5.41. The van der Waals surface area contributed by atoms with Crippen molar-refractivity contribution in [3.8, 4) is 0 Å². The van der Waals surface area contributed by atoms with Crippen LogP contribution in [0, 0.1) is 12.8 Å². The maximum Gasteiger partial charge on any atom is 0.229 e. The van der Waals surface area contributed by atoms with Gasteiger partial charge in [-0.05, 0) is 61.1 Å². The van der Waals surface area contributed by atoms with E-state index in [-0.39, 0.29) is 10.9 Å². The lowest BCUT2D eigenvalue weighted by Crippen LogP contribution is -2.38. The minimum atomic E-state index is -0.281. The molecule has 2 aromatic rings. The maximum atomic E-state index is 11.7. The van der Waals surface area contributed by atoms with Crippen molar-refractivity contribution in [2.24, 2.45) is 5.92 Å². The molecule has 0 saturated heterocycles. The van der Waals surface area contributed by atoms with Gasteiger partial charge in [-0.2, -0.15) is 0 Å². The number of hydrogen-bond donors (Lipinski definition) is 0. The Labute approximate surface area is 125 Å². The fourth-order valence-electron chi connectivity index (χ4n) is 3.59. The molecule has 0 bridgehead atoms. The predicted molar refractivity (Wildman–Crippen MR) is 85.8 cm³/mol. The van der Waals surface area contributed by atoms with Crippen molar-refractivity contribution in [3.63, 3.8) is 0 Å². The van der Waals surface area contributed by atoms with Crippen LogP contribution in [0.1, 0.15) is 54.0 Å². The molecule has 21 heavy (non-hydrogen) atoms. The Morgan fingerprint density at radius 3 is 2.62 bits per heavy atom. The van der Waals surface area contributed by atoms with Crippen LogP contribution >= 0.6 is 0 Å². The van der Waals surface area contributed by atoms with Gasteiger partial charge in [-0.1, -0.05) is 32.0 Å². The van der Waals surface area contributed by atoms with Crippen LogP contribution < -0.4 is 10.9 Å². The molecule has 0 aromatic heterocycles. The smallest absolute Gasteiger partial charge is 0.229 e. The summed E-state index contributed by atoms with van der Waals surface area (Å²) in [5.41, 5.74) is 5.14. The zero-order valence-electron chi connectivity index (χ0n) is 13.0. The molecule has 0 heterocycles. The molecule has 0 N–H and O–H groups in total. The summed E-state index contributed by atoms with van der Waals surface area (Å²) in [6, 6.07) is 6.82. The van der Waals surface area contributed by atoms with Crippen LogP contribution in [0.25, 0.3) is 0 Å². The van der Waals surface area contributed by atoms with Gasteiger partial charge in [0, 0.05) is 11.1 Å². The fourth-order valence-corrected chi connectivity index (χ4v) is 3.59. The Kier molecular flexibility index (Phi) is 3.56. The van der Waals surface area contributed by atoms with E-state index in [1.807, 2.05) is 0 Å². The zero-order chi connectivity index (χ0) is 15.1. The highest BCUT2D eigenvalue weighted by atomic mass is 16.2. The molecule has 110 valence electrons. The van der Waals surface area contributed by atoms with Crippen LogP contribution in [-0.2, 0) is 19.3 Å². The molecule has 0 saturated carbocycles. The van der Waals surface area contributed by atoms with E-state index in [9.17, 15) is 9.59 Å². The van der Waals surface area contributed by atoms with Gasteiger partial charge in [0.15, 0.2) is 0 Å². The van der Waals surface area contributed by atoms with E-state index < -0.39 is 0 Å². The molecule has 2 heteroatoms. The van der Waals surface area contributed by atoms with E-state index in [1.165, 1.54) is 16.7 Å². The molecule has 0 aliphatic heterocycles. The van der Waals surface area contributed by atoms with Crippen molar-refractivity contribution in [2.45, 2.75) is 52.4 Å². The van der Waals surface area contributed by atoms with E-state index in [1.54, 1.807) is 6.92 Å². The Hall–Kier alpha value is -1.70. The molecule has 0 radical (unpaired) electrons.